The van der Waals surface area contributed by atoms with Crippen LogP contribution in [0.25, 0.3) is 0 Å². The lowest BCUT2D eigenvalue weighted by Crippen LogP contribution is -2.04. The van der Waals surface area contributed by atoms with E-state index < -0.39 is 0 Å². The van der Waals surface area contributed by atoms with Gasteiger partial charge in [0.2, 0.25) is 0 Å². The van der Waals surface area contributed by atoms with Gasteiger partial charge >= 0.3 is 0 Å². The minimum atomic E-state index is -0.0619. The van der Waals surface area contributed by atoms with Crippen LogP contribution in [0.2, 0.25) is 0 Å². The first-order chi connectivity index (χ1) is 5.72. The Bertz CT molecular complexity index is 190. The molecule has 0 bridgehead atoms. The van der Waals surface area contributed by atoms with Crippen LogP contribution in [0.1, 0.15) is 27.7 Å². The fraction of sp³-hybridized carbons (Fsp3) is 0.400. The van der Waals surface area contributed by atoms with Gasteiger partial charge in [-0.05, 0) is 13.0 Å². The molecule has 0 spiro atoms. The maximum Gasteiger partial charge on any atom is 0.178 e. The molecule has 68 valence electrons. The van der Waals surface area contributed by atoms with Crippen molar-refractivity contribution >= 4 is 11.5 Å². The van der Waals surface area contributed by atoms with Crippen molar-refractivity contribution in [2.24, 2.45) is 4.99 Å². The maximum atomic E-state index is 10.6. The molecule has 0 radical (unpaired) electrons. The van der Waals surface area contributed by atoms with Gasteiger partial charge in [-0.2, -0.15) is 0 Å². The van der Waals surface area contributed by atoms with Crippen LogP contribution in [-0.4, -0.2) is 11.5 Å². The Morgan fingerprint density at radius 1 is 1.42 bits per heavy atom. The van der Waals surface area contributed by atoms with E-state index in [1.165, 1.54) is 13.0 Å². The maximum absolute atomic E-state index is 10.6. The van der Waals surface area contributed by atoms with E-state index >= 15 is 0 Å². The lowest BCUT2D eigenvalue weighted by atomic mass is 10.3. The van der Waals surface area contributed by atoms with Crippen molar-refractivity contribution in [3.8, 4) is 0 Å². The first-order valence-electron chi connectivity index (χ1n) is 4.04. The second kappa shape index (κ2) is 9.82. The van der Waals surface area contributed by atoms with Gasteiger partial charge in [0.05, 0.1) is 0 Å². The summed E-state index contributed by atoms with van der Waals surface area (Å²) < 4.78 is 0. The second-order valence-corrected chi connectivity index (χ2v) is 1.76. The van der Waals surface area contributed by atoms with E-state index in [1.807, 2.05) is 20.8 Å². The highest BCUT2D eigenvalue weighted by molar-refractivity contribution is 6.43. The van der Waals surface area contributed by atoms with Crippen LogP contribution in [0.5, 0.6) is 0 Å². The van der Waals surface area contributed by atoms with E-state index in [4.69, 9.17) is 0 Å². The van der Waals surface area contributed by atoms with Gasteiger partial charge in [0.15, 0.2) is 5.78 Å². The summed E-state index contributed by atoms with van der Waals surface area (Å²) in [6.07, 6.45) is 4.77. The van der Waals surface area contributed by atoms with Crippen LogP contribution in [0.3, 0.4) is 0 Å². The molecule has 0 aromatic carbocycles. The number of hydrogen-bond acceptors (Lipinski definition) is 2. The van der Waals surface area contributed by atoms with Crippen LogP contribution in [0, 0.1) is 0 Å². The van der Waals surface area contributed by atoms with Crippen molar-refractivity contribution in [2.45, 2.75) is 27.7 Å². The van der Waals surface area contributed by atoms with E-state index in [9.17, 15) is 4.79 Å². The Hall–Kier alpha value is -1.18. The van der Waals surface area contributed by atoms with Crippen LogP contribution in [0.15, 0.2) is 29.9 Å². The average molecular weight is 167 g/mol. The molecule has 0 saturated carbocycles. The molecule has 0 aromatic rings. The Kier molecular flexibility index (Phi) is 11.0. The topological polar surface area (TPSA) is 29.4 Å². The summed E-state index contributed by atoms with van der Waals surface area (Å²) in [5, 5.41) is 0. The highest BCUT2D eigenvalue weighted by Gasteiger charge is 1.96. The third kappa shape index (κ3) is 6.93. The van der Waals surface area contributed by atoms with Crippen molar-refractivity contribution in [1.29, 1.82) is 0 Å². The summed E-state index contributed by atoms with van der Waals surface area (Å²) in [7, 11) is 0. The standard InChI is InChI=1S/C8H11NO.C2H6/c1-4-6-9-8(5-2)7(3)10;1-2/h4-6H,2H2,1,3H3;1-2H3/b6-4-,9-8?;. The quantitative estimate of drug-likeness (QED) is 0.594. The normalized spacial score (nSPS) is 10.5. The number of aliphatic imine (C=N–C) groups is 1. The third-order valence-electron chi connectivity index (χ3n) is 0.917. The number of rotatable bonds is 3. The predicted molar refractivity (Wildman–Crippen MR) is 54.5 cm³/mol. The molecule has 2 heteroatoms. The summed E-state index contributed by atoms with van der Waals surface area (Å²) in [4.78, 5) is 14.5. The number of carbonyl (C=O) groups is 1. The number of hydrogen-bond donors (Lipinski definition) is 0. The SMILES string of the molecule is C=CC(=N/C=C\C)C(C)=O.CC. The third-order valence-corrected chi connectivity index (χ3v) is 0.917. The van der Waals surface area contributed by atoms with Gasteiger partial charge in [-0.3, -0.25) is 9.79 Å². The Morgan fingerprint density at radius 3 is 2.17 bits per heavy atom. The van der Waals surface area contributed by atoms with Gasteiger partial charge in [-0.15, -0.1) is 0 Å². The number of nitrogens with zero attached hydrogens (tertiary/aromatic N) is 1. The Morgan fingerprint density at radius 2 is 1.92 bits per heavy atom. The molecule has 0 aliphatic rings. The molecule has 0 amide bonds. The van der Waals surface area contributed by atoms with E-state index in [0.29, 0.717) is 5.71 Å². The molecule has 0 N–H and O–H groups in total. The van der Waals surface area contributed by atoms with Gasteiger partial charge in [0.1, 0.15) is 5.71 Å². The van der Waals surface area contributed by atoms with Crippen LogP contribution >= 0.6 is 0 Å². The van der Waals surface area contributed by atoms with Crippen molar-refractivity contribution in [3.05, 3.63) is 24.9 Å². The summed E-state index contributed by atoms with van der Waals surface area (Å²) in [6.45, 7) is 10.7. The van der Waals surface area contributed by atoms with Gasteiger partial charge in [-0.25, -0.2) is 0 Å². The summed E-state index contributed by atoms with van der Waals surface area (Å²) >= 11 is 0. The lowest BCUT2D eigenvalue weighted by Gasteiger charge is -1.88. The molecule has 0 rings (SSSR count). The first kappa shape index (κ1) is 13.4. The van der Waals surface area contributed by atoms with Crippen LogP contribution in [0.4, 0.5) is 0 Å². The summed E-state index contributed by atoms with van der Waals surface area (Å²) in [6, 6.07) is 0. The van der Waals surface area contributed by atoms with E-state index in [1.54, 1.807) is 12.3 Å². The van der Waals surface area contributed by atoms with E-state index in [2.05, 4.69) is 11.6 Å². The highest BCUT2D eigenvalue weighted by atomic mass is 16.1. The zero-order chi connectivity index (χ0) is 9.98. The van der Waals surface area contributed by atoms with Gasteiger partial charge < -0.3 is 0 Å². The monoisotopic (exact) mass is 167 g/mol. The van der Waals surface area contributed by atoms with E-state index in [-0.39, 0.29) is 5.78 Å². The molecule has 0 heterocycles. The van der Waals surface area contributed by atoms with Gasteiger partial charge in [0, 0.05) is 13.1 Å². The fourth-order valence-corrected chi connectivity index (χ4v) is 0.442. The minimum absolute atomic E-state index is 0.0619. The summed E-state index contributed by atoms with van der Waals surface area (Å²) in [5.41, 5.74) is 0.401. The van der Waals surface area contributed by atoms with Crippen LogP contribution in [-0.2, 0) is 4.79 Å². The zero-order valence-electron chi connectivity index (χ0n) is 8.29. The number of allylic oxidation sites excluding steroid dienone is 2. The highest BCUT2D eigenvalue weighted by Crippen LogP contribution is 1.84. The zero-order valence-corrected chi connectivity index (χ0v) is 8.29. The Labute approximate surface area is 74.7 Å². The molecule has 0 unspecified atom stereocenters. The number of carbonyl (C=O) groups excluding carboxylic acids is 1. The molecule has 0 atom stereocenters. The second-order valence-electron chi connectivity index (χ2n) is 1.76. The minimum Gasteiger partial charge on any atom is -0.293 e. The lowest BCUT2D eigenvalue weighted by molar-refractivity contribution is -0.111. The summed E-state index contributed by atoms with van der Waals surface area (Å²) in [5.74, 6) is -0.0619. The Balaban J connectivity index is 0. The van der Waals surface area contributed by atoms with Crippen molar-refractivity contribution < 1.29 is 4.79 Å². The molecule has 0 aliphatic carbocycles. The fourth-order valence-electron chi connectivity index (χ4n) is 0.442. The first-order valence-corrected chi connectivity index (χ1v) is 4.04. The molecule has 12 heavy (non-hydrogen) atoms. The molecule has 2 nitrogen and oxygen atoms in total. The molecule has 0 fully saturated rings. The van der Waals surface area contributed by atoms with Gasteiger partial charge in [-0.1, -0.05) is 26.5 Å². The number of ketones is 1. The molecular formula is C10H17NO. The van der Waals surface area contributed by atoms with E-state index in [0.717, 1.165) is 0 Å². The average Bonchev–Trinajstić information content (AvgIpc) is 2.09. The molecule has 0 aliphatic heterocycles. The number of Topliss-reactive ketones (excluding diaryl/α,β-unsaturated/α-hetero) is 1. The molecule has 0 aromatic heterocycles. The molecule has 0 saturated heterocycles. The smallest absolute Gasteiger partial charge is 0.178 e. The van der Waals surface area contributed by atoms with Crippen LogP contribution < -0.4 is 0 Å². The van der Waals surface area contributed by atoms with Crippen molar-refractivity contribution in [3.63, 3.8) is 0 Å². The molecular weight excluding hydrogens is 150 g/mol. The van der Waals surface area contributed by atoms with Crippen molar-refractivity contribution in [2.75, 3.05) is 0 Å². The van der Waals surface area contributed by atoms with Crippen molar-refractivity contribution in [1.82, 2.24) is 0 Å². The largest absolute Gasteiger partial charge is 0.293 e. The van der Waals surface area contributed by atoms with Gasteiger partial charge in [0.25, 0.3) is 0 Å². The predicted octanol–water partition coefficient (Wildman–Crippen LogP) is 2.76.